The summed E-state index contributed by atoms with van der Waals surface area (Å²) in [4.78, 5) is 42.5. The van der Waals surface area contributed by atoms with E-state index in [0.29, 0.717) is 30.3 Å². The van der Waals surface area contributed by atoms with Gasteiger partial charge in [0.2, 0.25) is 17.8 Å². The molecule has 2 amide bonds. The quantitative estimate of drug-likeness (QED) is 0.737. The lowest BCUT2D eigenvalue weighted by atomic mass is 9.76. The van der Waals surface area contributed by atoms with Gasteiger partial charge in [0.1, 0.15) is 0 Å². The van der Waals surface area contributed by atoms with E-state index < -0.39 is 0 Å². The van der Waals surface area contributed by atoms with Crippen LogP contribution in [0.15, 0.2) is 18.5 Å². The van der Waals surface area contributed by atoms with Gasteiger partial charge in [-0.05, 0) is 37.2 Å². The smallest absolute Gasteiger partial charge is 0.236 e. The number of fused-ring (bicyclic) bond motifs is 4. The van der Waals surface area contributed by atoms with Crippen molar-refractivity contribution >= 4 is 17.8 Å². The maximum atomic E-state index is 12.9. The Balaban J connectivity index is 1.15. The Labute approximate surface area is 171 Å². The molecule has 0 aliphatic carbocycles. The Morgan fingerprint density at radius 1 is 1.07 bits per heavy atom. The number of rotatable bonds is 3. The van der Waals surface area contributed by atoms with Gasteiger partial charge in [0.05, 0.1) is 6.54 Å². The van der Waals surface area contributed by atoms with Gasteiger partial charge in [0.15, 0.2) is 0 Å². The molecule has 2 bridgehead atoms. The molecule has 0 radical (unpaired) electrons. The molecular formula is C21H30N6O2. The average Bonchev–Trinajstić information content (AvgIpc) is 2.75. The molecule has 29 heavy (non-hydrogen) atoms. The minimum atomic E-state index is 0.232. The Hall–Kier alpha value is -2.22. The first-order chi connectivity index (χ1) is 14.2. The fourth-order valence-electron chi connectivity index (χ4n) is 5.74. The van der Waals surface area contributed by atoms with E-state index in [1.54, 1.807) is 12.4 Å². The number of carbonyl (C=O) groups excluding carboxylic acids is 2. The average molecular weight is 399 g/mol. The van der Waals surface area contributed by atoms with Crippen molar-refractivity contribution in [3.05, 3.63) is 18.5 Å². The number of anilines is 1. The van der Waals surface area contributed by atoms with E-state index in [0.717, 1.165) is 71.0 Å². The van der Waals surface area contributed by atoms with Crippen LogP contribution in [0.4, 0.5) is 5.95 Å². The molecule has 1 aromatic rings. The van der Waals surface area contributed by atoms with Crippen LogP contribution in [0.5, 0.6) is 0 Å². The molecule has 4 saturated heterocycles. The number of aromatic nitrogens is 2. The minimum Gasteiger partial charge on any atom is -0.339 e. The fraction of sp³-hybridized carbons (Fsp3) is 0.714. The molecule has 0 saturated carbocycles. The van der Waals surface area contributed by atoms with Crippen LogP contribution in [0.25, 0.3) is 0 Å². The topological polar surface area (TPSA) is 72.9 Å². The van der Waals surface area contributed by atoms with Crippen LogP contribution in [-0.4, -0.2) is 94.9 Å². The van der Waals surface area contributed by atoms with Crippen LogP contribution in [0, 0.1) is 11.8 Å². The van der Waals surface area contributed by atoms with Crippen LogP contribution in [0.1, 0.15) is 25.7 Å². The number of amides is 2. The van der Waals surface area contributed by atoms with Gasteiger partial charge >= 0.3 is 0 Å². The molecule has 5 heterocycles. The van der Waals surface area contributed by atoms with E-state index in [4.69, 9.17) is 0 Å². The summed E-state index contributed by atoms with van der Waals surface area (Å²) in [6, 6.07) is 2.22. The third-order valence-electron chi connectivity index (χ3n) is 7.08. The molecule has 0 N–H and O–H groups in total. The first-order valence-corrected chi connectivity index (χ1v) is 11.0. The Bertz CT molecular complexity index is 751. The summed E-state index contributed by atoms with van der Waals surface area (Å²) < 4.78 is 0. The van der Waals surface area contributed by atoms with Gasteiger partial charge in [0.25, 0.3) is 0 Å². The van der Waals surface area contributed by atoms with Crippen LogP contribution < -0.4 is 4.90 Å². The lowest BCUT2D eigenvalue weighted by Crippen LogP contribution is -2.61. The lowest BCUT2D eigenvalue weighted by Gasteiger charge is -2.52. The van der Waals surface area contributed by atoms with E-state index in [1.807, 2.05) is 11.0 Å². The summed E-state index contributed by atoms with van der Waals surface area (Å²) in [7, 11) is 0. The zero-order valence-corrected chi connectivity index (χ0v) is 16.9. The van der Waals surface area contributed by atoms with Crippen molar-refractivity contribution in [3.8, 4) is 0 Å². The zero-order valence-electron chi connectivity index (χ0n) is 16.9. The first kappa shape index (κ1) is 18.8. The third-order valence-corrected chi connectivity index (χ3v) is 7.08. The summed E-state index contributed by atoms with van der Waals surface area (Å²) >= 11 is 0. The second kappa shape index (κ2) is 7.89. The Morgan fingerprint density at radius 3 is 2.66 bits per heavy atom. The summed E-state index contributed by atoms with van der Waals surface area (Å²) in [5, 5.41) is 0. The summed E-state index contributed by atoms with van der Waals surface area (Å²) in [6.07, 6.45) is 7.61. The zero-order chi connectivity index (χ0) is 19.8. The molecule has 0 spiro atoms. The minimum absolute atomic E-state index is 0.232. The van der Waals surface area contributed by atoms with Gasteiger partial charge in [-0.3, -0.25) is 14.5 Å². The van der Waals surface area contributed by atoms with Gasteiger partial charge in [-0.15, -0.1) is 0 Å². The maximum absolute atomic E-state index is 12.9. The monoisotopic (exact) mass is 398 g/mol. The lowest BCUT2D eigenvalue weighted by molar-refractivity contribution is -0.146. The Kier molecular flexibility index (Phi) is 5.11. The van der Waals surface area contributed by atoms with Gasteiger partial charge in [-0.25, -0.2) is 9.97 Å². The van der Waals surface area contributed by atoms with E-state index in [2.05, 4.69) is 24.7 Å². The molecule has 3 atom stereocenters. The number of piperidine rings is 3. The van der Waals surface area contributed by atoms with Gasteiger partial charge < -0.3 is 14.7 Å². The van der Waals surface area contributed by atoms with Crippen molar-refractivity contribution in [1.29, 1.82) is 0 Å². The standard InChI is InChI=1S/C21H30N6O2/c28-19-4-1-3-18-17-11-16(13-27(18)19)12-24(14-17)15-20(29)25-7-9-26(10-8-25)21-22-5-2-6-23-21/h2,5-6,16-18H,1,3-4,7-15H2/t16?,17?,18-/m1/s1. The first-order valence-electron chi connectivity index (χ1n) is 11.0. The Morgan fingerprint density at radius 2 is 1.86 bits per heavy atom. The molecule has 0 aromatic carbocycles. The van der Waals surface area contributed by atoms with Crippen LogP contribution >= 0.6 is 0 Å². The summed E-state index contributed by atoms with van der Waals surface area (Å²) in [5.41, 5.74) is 0. The summed E-state index contributed by atoms with van der Waals surface area (Å²) in [5.74, 6) is 2.38. The van der Waals surface area contributed by atoms with Crippen molar-refractivity contribution in [2.45, 2.75) is 31.7 Å². The van der Waals surface area contributed by atoms with Crippen molar-refractivity contribution in [1.82, 2.24) is 24.7 Å². The highest BCUT2D eigenvalue weighted by Gasteiger charge is 2.44. The highest BCUT2D eigenvalue weighted by molar-refractivity contribution is 5.79. The second-order valence-corrected chi connectivity index (χ2v) is 8.98. The summed E-state index contributed by atoms with van der Waals surface area (Å²) in [6.45, 7) is 6.30. The predicted molar refractivity (Wildman–Crippen MR) is 108 cm³/mol. The van der Waals surface area contributed by atoms with Crippen molar-refractivity contribution in [2.75, 3.05) is 57.3 Å². The predicted octanol–water partition coefficient (Wildman–Crippen LogP) is 0.458. The number of hydrogen-bond acceptors (Lipinski definition) is 6. The molecule has 4 aliphatic heterocycles. The highest BCUT2D eigenvalue weighted by atomic mass is 16.2. The van der Waals surface area contributed by atoms with Crippen molar-refractivity contribution in [2.24, 2.45) is 11.8 Å². The molecule has 8 nitrogen and oxygen atoms in total. The molecule has 4 fully saturated rings. The third kappa shape index (κ3) is 3.82. The van der Waals surface area contributed by atoms with Gasteiger partial charge in [0, 0.05) is 70.7 Å². The van der Waals surface area contributed by atoms with E-state index >= 15 is 0 Å². The largest absolute Gasteiger partial charge is 0.339 e. The second-order valence-electron chi connectivity index (χ2n) is 8.98. The van der Waals surface area contributed by atoms with E-state index in [-0.39, 0.29) is 5.91 Å². The van der Waals surface area contributed by atoms with Crippen LogP contribution in [0.3, 0.4) is 0 Å². The molecule has 5 rings (SSSR count). The van der Waals surface area contributed by atoms with Gasteiger partial charge in [-0.2, -0.15) is 0 Å². The van der Waals surface area contributed by atoms with Crippen LogP contribution in [0.2, 0.25) is 0 Å². The fourth-order valence-corrected chi connectivity index (χ4v) is 5.74. The number of piperazine rings is 1. The molecule has 8 heteroatoms. The molecule has 2 unspecified atom stereocenters. The number of nitrogens with zero attached hydrogens (tertiary/aromatic N) is 6. The normalized spacial score (nSPS) is 30.3. The number of hydrogen-bond donors (Lipinski definition) is 0. The molecular weight excluding hydrogens is 368 g/mol. The van der Waals surface area contributed by atoms with Crippen LogP contribution in [-0.2, 0) is 9.59 Å². The van der Waals surface area contributed by atoms with Gasteiger partial charge in [-0.1, -0.05) is 0 Å². The SMILES string of the molecule is O=C(CN1CC2CC(C1)[C@H]1CCCC(=O)N1C2)N1CCN(c2ncccn2)CC1. The number of carbonyl (C=O) groups is 2. The van der Waals surface area contributed by atoms with E-state index in [1.165, 1.54) is 6.42 Å². The van der Waals surface area contributed by atoms with Crippen molar-refractivity contribution in [3.63, 3.8) is 0 Å². The van der Waals surface area contributed by atoms with Crippen molar-refractivity contribution < 1.29 is 9.59 Å². The number of likely N-dealkylation sites (tertiary alicyclic amines) is 1. The molecule has 4 aliphatic rings. The van der Waals surface area contributed by atoms with E-state index in [9.17, 15) is 9.59 Å². The highest BCUT2D eigenvalue weighted by Crippen LogP contribution is 2.37. The molecule has 156 valence electrons. The maximum Gasteiger partial charge on any atom is 0.236 e. The molecule has 1 aromatic heterocycles.